The summed E-state index contributed by atoms with van der Waals surface area (Å²) in [5.74, 6) is 0.281. The van der Waals surface area contributed by atoms with Crippen molar-refractivity contribution in [2.24, 2.45) is 0 Å². The second-order valence-corrected chi connectivity index (χ2v) is 4.84. The summed E-state index contributed by atoms with van der Waals surface area (Å²) in [6, 6.07) is 5.24. The number of benzene rings is 1. The van der Waals surface area contributed by atoms with E-state index in [1.165, 1.54) is 19.5 Å². The average Bonchev–Trinajstić information content (AvgIpc) is 2.38. The first-order valence-electron chi connectivity index (χ1n) is 5.11. The zero-order valence-corrected chi connectivity index (χ0v) is 11.8. The molecule has 1 aromatic heterocycles. The van der Waals surface area contributed by atoms with Crippen molar-refractivity contribution in [2.45, 2.75) is 6.10 Å². The molecule has 1 atom stereocenters. The van der Waals surface area contributed by atoms with Gasteiger partial charge in [0.1, 0.15) is 11.8 Å². The normalized spacial score (nSPS) is 12.2. The molecule has 0 spiro atoms. The standard InChI is InChI=1S/C12H10BrClN2O2/c1-18-12-10(15-4-5-16-12)11(17)8-3-2-7(13)6-9(8)14/h2-6,11,17H,1H3. The Kier molecular flexibility index (Phi) is 4.16. The van der Waals surface area contributed by atoms with Crippen LogP contribution in [0.15, 0.2) is 35.1 Å². The Morgan fingerprint density at radius 2 is 2.06 bits per heavy atom. The van der Waals surface area contributed by atoms with E-state index in [-0.39, 0.29) is 5.88 Å². The van der Waals surface area contributed by atoms with Crippen molar-refractivity contribution in [1.29, 1.82) is 0 Å². The van der Waals surface area contributed by atoms with E-state index in [4.69, 9.17) is 16.3 Å². The summed E-state index contributed by atoms with van der Waals surface area (Å²) in [5, 5.41) is 10.7. The van der Waals surface area contributed by atoms with E-state index in [0.717, 1.165) is 4.47 Å². The van der Waals surface area contributed by atoms with Gasteiger partial charge >= 0.3 is 0 Å². The lowest BCUT2D eigenvalue weighted by atomic mass is 10.1. The van der Waals surface area contributed by atoms with E-state index >= 15 is 0 Å². The molecule has 0 saturated carbocycles. The fraction of sp³-hybridized carbons (Fsp3) is 0.167. The number of aromatic nitrogens is 2. The van der Waals surface area contributed by atoms with Crippen LogP contribution in [0.2, 0.25) is 5.02 Å². The molecule has 1 N–H and O–H groups in total. The van der Waals surface area contributed by atoms with E-state index < -0.39 is 6.10 Å². The molecular formula is C12H10BrClN2O2. The highest BCUT2D eigenvalue weighted by Crippen LogP contribution is 2.32. The Morgan fingerprint density at radius 3 is 2.72 bits per heavy atom. The molecule has 0 fully saturated rings. The van der Waals surface area contributed by atoms with Gasteiger partial charge in [0, 0.05) is 27.5 Å². The van der Waals surface area contributed by atoms with Gasteiger partial charge < -0.3 is 9.84 Å². The van der Waals surface area contributed by atoms with Crippen LogP contribution in [-0.2, 0) is 0 Å². The van der Waals surface area contributed by atoms with E-state index in [1.54, 1.807) is 18.2 Å². The molecule has 2 aromatic rings. The van der Waals surface area contributed by atoms with Crippen LogP contribution in [-0.4, -0.2) is 22.2 Å². The van der Waals surface area contributed by atoms with E-state index in [0.29, 0.717) is 16.3 Å². The van der Waals surface area contributed by atoms with E-state index in [1.807, 2.05) is 0 Å². The Morgan fingerprint density at radius 1 is 1.33 bits per heavy atom. The first kappa shape index (κ1) is 13.3. The first-order valence-corrected chi connectivity index (χ1v) is 6.28. The zero-order chi connectivity index (χ0) is 13.1. The summed E-state index contributed by atoms with van der Waals surface area (Å²) in [7, 11) is 1.48. The second kappa shape index (κ2) is 5.65. The third kappa shape index (κ3) is 2.63. The molecule has 0 amide bonds. The molecule has 0 aliphatic rings. The van der Waals surface area contributed by atoms with E-state index in [9.17, 15) is 5.11 Å². The van der Waals surface area contributed by atoms with Crippen molar-refractivity contribution in [3.8, 4) is 5.88 Å². The highest BCUT2D eigenvalue weighted by Gasteiger charge is 2.20. The maximum absolute atomic E-state index is 10.3. The predicted octanol–water partition coefficient (Wildman–Crippen LogP) is 2.98. The Labute approximate surface area is 118 Å². The largest absolute Gasteiger partial charge is 0.480 e. The lowest BCUT2D eigenvalue weighted by molar-refractivity contribution is 0.207. The highest BCUT2D eigenvalue weighted by molar-refractivity contribution is 9.10. The number of hydrogen-bond donors (Lipinski definition) is 1. The van der Waals surface area contributed by atoms with Gasteiger partial charge in [-0.15, -0.1) is 0 Å². The number of aliphatic hydroxyl groups excluding tert-OH is 1. The average molecular weight is 330 g/mol. The molecule has 1 heterocycles. The van der Waals surface area contributed by atoms with Crippen LogP contribution in [0.4, 0.5) is 0 Å². The molecule has 0 aliphatic heterocycles. The molecule has 18 heavy (non-hydrogen) atoms. The SMILES string of the molecule is COc1nccnc1C(O)c1ccc(Br)cc1Cl. The van der Waals surface area contributed by atoms with Gasteiger partial charge in [-0.2, -0.15) is 0 Å². The monoisotopic (exact) mass is 328 g/mol. The minimum atomic E-state index is -0.978. The fourth-order valence-electron chi connectivity index (χ4n) is 1.55. The zero-order valence-electron chi connectivity index (χ0n) is 9.47. The second-order valence-electron chi connectivity index (χ2n) is 3.52. The number of hydrogen-bond acceptors (Lipinski definition) is 4. The third-order valence-electron chi connectivity index (χ3n) is 2.40. The number of aliphatic hydroxyl groups is 1. The number of ether oxygens (including phenoxy) is 1. The predicted molar refractivity (Wildman–Crippen MR) is 71.8 cm³/mol. The number of rotatable bonds is 3. The summed E-state index contributed by atoms with van der Waals surface area (Å²) in [6.07, 6.45) is 2.01. The number of nitrogens with zero attached hydrogens (tertiary/aromatic N) is 2. The van der Waals surface area contributed by atoms with Gasteiger partial charge in [-0.05, 0) is 12.1 Å². The van der Waals surface area contributed by atoms with Gasteiger partial charge in [0.05, 0.1) is 7.11 Å². The Balaban J connectivity index is 2.44. The van der Waals surface area contributed by atoms with Crippen LogP contribution in [0.1, 0.15) is 17.4 Å². The Hall–Kier alpha value is -1.17. The minimum Gasteiger partial charge on any atom is -0.480 e. The van der Waals surface area contributed by atoms with Crippen LogP contribution >= 0.6 is 27.5 Å². The molecule has 94 valence electrons. The summed E-state index contributed by atoms with van der Waals surface area (Å²) in [5.41, 5.74) is 0.892. The maximum atomic E-state index is 10.3. The third-order valence-corrected chi connectivity index (χ3v) is 3.22. The van der Waals surface area contributed by atoms with Crippen molar-refractivity contribution in [1.82, 2.24) is 9.97 Å². The molecule has 0 saturated heterocycles. The first-order chi connectivity index (χ1) is 8.63. The molecule has 2 rings (SSSR count). The summed E-state index contributed by atoms with van der Waals surface area (Å²) in [6.45, 7) is 0. The van der Waals surface area contributed by atoms with Crippen molar-refractivity contribution in [3.05, 3.63) is 51.3 Å². The number of halogens is 2. The van der Waals surface area contributed by atoms with Crippen LogP contribution in [0.5, 0.6) is 5.88 Å². The van der Waals surface area contributed by atoms with Crippen LogP contribution in [0.3, 0.4) is 0 Å². The summed E-state index contributed by atoms with van der Waals surface area (Å²) < 4.78 is 5.91. The number of methoxy groups -OCH3 is 1. The summed E-state index contributed by atoms with van der Waals surface area (Å²) in [4.78, 5) is 8.08. The smallest absolute Gasteiger partial charge is 0.238 e. The lowest BCUT2D eigenvalue weighted by Gasteiger charge is -2.14. The van der Waals surface area contributed by atoms with E-state index in [2.05, 4.69) is 25.9 Å². The highest BCUT2D eigenvalue weighted by atomic mass is 79.9. The van der Waals surface area contributed by atoms with Gasteiger partial charge in [0.2, 0.25) is 5.88 Å². The van der Waals surface area contributed by atoms with Crippen molar-refractivity contribution in [3.63, 3.8) is 0 Å². The van der Waals surface area contributed by atoms with Crippen LogP contribution < -0.4 is 4.74 Å². The molecule has 0 radical (unpaired) electrons. The fourth-order valence-corrected chi connectivity index (χ4v) is 2.33. The van der Waals surface area contributed by atoms with Gasteiger partial charge in [0.25, 0.3) is 0 Å². The maximum Gasteiger partial charge on any atom is 0.238 e. The van der Waals surface area contributed by atoms with Crippen molar-refractivity contribution < 1.29 is 9.84 Å². The Bertz CT molecular complexity index is 566. The van der Waals surface area contributed by atoms with Gasteiger partial charge in [-0.25, -0.2) is 4.98 Å². The molecular weight excluding hydrogens is 320 g/mol. The minimum absolute atomic E-state index is 0.281. The summed E-state index contributed by atoms with van der Waals surface area (Å²) >= 11 is 9.40. The van der Waals surface area contributed by atoms with Crippen molar-refractivity contribution >= 4 is 27.5 Å². The van der Waals surface area contributed by atoms with Crippen LogP contribution in [0.25, 0.3) is 0 Å². The molecule has 0 bridgehead atoms. The molecule has 0 aliphatic carbocycles. The molecule has 1 aromatic carbocycles. The van der Waals surface area contributed by atoms with Gasteiger partial charge in [-0.1, -0.05) is 33.6 Å². The van der Waals surface area contributed by atoms with Gasteiger partial charge in [0.15, 0.2) is 0 Å². The topological polar surface area (TPSA) is 55.2 Å². The van der Waals surface area contributed by atoms with Crippen molar-refractivity contribution in [2.75, 3.05) is 7.11 Å². The quantitative estimate of drug-likeness (QED) is 0.940. The molecule has 6 heteroatoms. The van der Waals surface area contributed by atoms with Crippen LogP contribution in [0, 0.1) is 0 Å². The molecule has 4 nitrogen and oxygen atoms in total. The van der Waals surface area contributed by atoms with Gasteiger partial charge in [-0.3, -0.25) is 4.98 Å². The molecule has 1 unspecified atom stereocenters. The lowest BCUT2D eigenvalue weighted by Crippen LogP contribution is -2.06.